The number of esters is 1. The van der Waals surface area contributed by atoms with E-state index in [-0.39, 0.29) is 29.3 Å². The van der Waals surface area contributed by atoms with Gasteiger partial charge in [-0.25, -0.2) is 0 Å². The summed E-state index contributed by atoms with van der Waals surface area (Å²) in [4.78, 5) is 11.2. The molecule has 0 amide bonds. The van der Waals surface area contributed by atoms with Gasteiger partial charge in [-0.05, 0) is 18.8 Å². The number of carbonyl (C=O) groups is 1. The zero-order valence-electron chi connectivity index (χ0n) is 9.00. The Morgan fingerprint density at radius 1 is 1.62 bits per heavy atom. The van der Waals surface area contributed by atoms with Gasteiger partial charge in [-0.15, -0.1) is 0 Å². The lowest BCUT2D eigenvalue weighted by Gasteiger charge is -2.20. The highest BCUT2D eigenvalue weighted by Crippen LogP contribution is 2.69. The SMILES string of the molecule is N[C@H](O)CC1CC12[C@H](O)C[C@@H]1OC(=O)C[C@@H]12. The molecule has 0 bridgehead atoms. The largest absolute Gasteiger partial charge is 0.462 e. The molecule has 2 saturated carbocycles. The molecule has 2 unspecified atom stereocenters. The number of nitrogens with two attached hydrogens (primary N) is 1. The minimum atomic E-state index is -0.825. The maximum atomic E-state index is 11.2. The third-order valence-electron chi connectivity index (χ3n) is 4.61. The molecule has 5 nitrogen and oxygen atoms in total. The lowest BCUT2D eigenvalue weighted by Crippen LogP contribution is -2.27. The molecule has 5 heteroatoms. The zero-order chi connectivity index (χ0) is 11.5. The number of fused-ring (bicyclic) bond motifs is 2. The van der Waals surface area contributed by atoms with Crippen LogP contribution in [0, 0.1) is 17.3 Å². The number of hydrogen-bond acceptors (Lipinski definition) is 5. The quantitative estimate of drug-likeness (QED) is 0.431. The van der Waals surface area contributed by atoms with Crippen molar-refractivity contribution >= 4 is 5.97 Å². The molecule has 0 radical (unpaired) electrons. The van der Waals surface area contributed by atoms with Crippen molar-refractivity contribution < 1.29 is 19.7 Å². The summed E-state index contributed by atoms with van der Waals surface area (Å²) in [6.45, 7) is 0. The number of aliphatic hydroxyl groups excluding tert-OH is 2. The van der Waals surface area contributed by atoms with Crippen LogP contribution in [0.15, 0.2) is 0 Å². The Labute approximate surface area is 93.6 Å². The van der Waals surface area contributed by atoms with Crippen LogP contribution < -0.4 is 5.73 Å². The second-order valence-corrected chi connectivity index (χ2v) is 5.41. The van der Waals surface area contributed by atoms with Gasteiger partial charge in [-0.2, -0.15) is 0 Å². The van der Waals surface area contributed by atoms with Gasteiger partial charge in [0.25, 0.3) is 0 Å². The summed E-state index contributed by atoms with van der Waals surface area (Å²) in [5.74, 6) is 0.228. The van der Waals surface area contributed by atoms with Crippen LogP contribution in [0.2, 0.25) is 0 Å². The van der Waals surface area contributed by atoms with E-state index in [1.54, 1.807) is 0 Å². The van der Waals surface area contributed by atoms with E-state index in [0.29, 0.717) is 19.3 Å². The third kappa shape index (κ3) is 1.25. The van der Waals surface area contributed by atoms with Crippen molar-refractivity contribution in [2.75, 3.05) is 0 Å². The lowest BCUT2D eigenvalue weighted by molar-refractivity contribution is -0.141. The van der Waals surface area contributed by atoms with Gasteiger partial charge < -0.3 is 20.7 Å². The van der Waals surface area contributed by atoms with Crippen molar-refractivity contribution in [2.45, 2.75) is 44.1 Å². The third-order valence-corrected chi connectivity index (χ3v) is 4.61. The fourth-order valence-electron chi connectivity index (χ4n) is 3.87. The van der Waals surface area contributed by atoms with Crippen LogP contribution in [0.3, 0.4) is 0 Å². The first-order chi connectivity index (χ1) is 7.54. The van der Waals surface area contributed by atoms with E-state index in [0.717, 1.165) is 6.42 Å². The van der Waals surface area contributed by atoms with Crippen molar-refractivity contribution in [1.29, 1.82) is 0 Å². The van der Waals surface area contributed by atoms with E-state index in [4.69, 9.17) is 10.5 Å². The van der Waals surface area contributed by atoms with Gasteiger partial charge in [0.2, 0.25) is 0 Å². The summed E-state index contributed by atoms with van der Waals surface area (Å²) in [6.07, 6.45) is 0.997. The topological polar surface area (TPSA) is 92.8 Å². The molecule has 90 valence electrons. The summed E-state index contributed by atoms with van der Waals surface area (Å²) in [5.41, 5.74) is 5.17. The second-order valence-electron chi connectivity index (χ2n) is 5.41. The van der Waals surface area contributed by atoms with E-state index < -0.39 is 12.3 Å². The van der Waals surface area contributed by atoms with Gasteiger partial charge >= 0.3 is 5.97 Å². The van der Waals surface area contributed by atoms with Crippen molar-refractivity contribution in [3.63, 3.8) is 0 Å². The fraction of sp³-hybridized carbons (Fsp3) is 0.909. The molecule has 1 saturated heterocycles. The van der Waals surface area contributed by atoms with Crippen LogP contribution in [0.4, 0.5) is 0 Å². The maximum Gasteiger partial charge on any atom is 0.306 e. The van der Waals surface area contributed by atoms with E-state index in [9.17, 15) is 15.0 Å². The van der Waals surface area contributed by atoms with Gasteiger partial charge in [0.05, 0.1) is 12.5 Å². The molecule has 3 fully saturated rings. The fourth-order valence-corrected chi connectivity index (χ4v) is 3.87. The van der Waals surface area contributed by atoms with Crippen LogP contribution in [-0.4, -0.2) is 34.6 Å². The number of rotatable bonds is 2. The molecule has 0 aromatic heterocycles. The van der Waals surface area contributed by atoms with Gasteiger partial charge in [-0.1, -0.05) is 0 Å². The summed E-state index contributed by atoms with van der Waals surface area (Å²) < 4.78 is 5.19. The minimum Gasteiger partial charge on any atom is -0.462 e. The average Bonchev–Trinajstić information content (AvgIpc) is 2.67. The van der Waals surface area contributed by atoms with Crippen LogP contribution in [0.1, 0.15) is 25.7 Å². The molecule has 4 N–H and O–H groups in total. The van der Waals surface area contributed by atoms with Gasteiger partial charge in [0, 0.05) is 17.8 Å². The number of hydrogen-bond donors (Lipinski definition) is 3. The molecule has 1 spiro atoms. The predicted molar refractivity (Wildman–Crippen MR) is 54.0 cm³/mol. The summed E-state index contributed by atoms with van der Waals surface area (Å²) in [7, 11) is 0. The molecular weight excluding hydrogens is 210 g/mol. The van der Waals surface area contributed by atoms with Crippen molar-refractivity contribution in [2.24, 2.45) is 23.0 Å². The predicted octanol–water partition coefficient (Wildman–Crippen LogP) is -0.644. The Bertz CT molecular complexity index is 332. The van der Waals surface area contributed by atoms with Crippen molar-refractivity contribution in [3.05, 3.63) is 0 Å². The van der Waals surface area contributed by atoms with E-state index in [1.807, 2.05) is 0 Å². The molecule has 3 rings (SSSR count). The molecule has 6 atom stereocenters. The summed E-state index contributed by atoms with van der Waals surface area (Å²) in [5, 5.41) is 19.3. The Kier molecular flexibility index (Phi) is 2.09. The van der Waals surface area contributed by atoms with Gasteiger partial charge in [0.1, 0.15) is 12.3 Å². The smallest absolute Gasteiger partial charge is 0.306 e. The standard InChI is InChI=1S/C11H17NO4/c12-9(14)1-5-4-11(5)6-2-10(15)16-7(6)3-8(11)13/h5-9,13-14H,1-4,12H2/t5?,6-,7-,8+,9+,11?/m0/s1. The average molecular weight is 227 g/mol. The van der Waals surface area contributed by atoms with Crippen LogP contribution >= 0.6 is 0 Å². The Morgan fingerprint density at radius 2 is 2.38 bits per heavy atom. The minimum absolute atomic E-state index is 0.109. The molecule has 0 aromatic carbocycles. The molecular formula is C11H17NO4. The number of carbonyl (C=O) groups excluding carboxylic acids is 1. The molecule has 3 aliphatic rings. The van der Waals surface area contributed by atoms with Crippen molar-refractivity contribution in [1.82, 2.24) is 0 Å². The Hall–Kier alpha value is -0.650. The van der Waals surface area contributed by atoms with E-state index in [2.05, 4.69) is 0 Å². The summed E-state index contributed by atoms with van der Waals surface area (Å²) >= 11 is 0. The van der Waals surface area contributed by atoms with Crippen LogP contribution in [0.5, 0.6) is 0 Å². The highest BCUT2D eigenvalue weighted by atomic mass is 16.6. The zero-order valence-corrected chi connectivity index (χ0v) is 9.00. The van der Waals surface area contributed by atoms with Gasteiger partial charge in [-0.3, -0.25) is 4.79 Å². The van der Waals surface area contributed by atoms with Crippen LogP contribution in [-0.2, 0) is 9.53 Å². The second kappa shape index (κ2) is 3.18. The molecule has 1 aliphatic heterocycles. The first kappa shape index (κ1) is 10.5. The van der Waals surface area contributed by atoms with Crippen molar-refractivity contribution in [3.8, 4) is 0 Å². The molecule has 2 aliphatic carbocycles. The molecule has 0 aromatic rings. The number of ether oxygens (including phenoxy) is 1. The Morgan fingerprint density at radius 3 is 3.06 bits per heavy atom. The highest BCUT2D eigenvalue weighted by molar-refractivity contribution is 5.73. The first-order valence-corrected chi connectivity index (χ1v) is 5.85. The Balaban J connectivity index is 1.78. The molecule has 16 heavy (non-hydrogen) atoms. The first-order valence-electron chi connectivity index (χ1n) is 5.85. The number of aliphatic hydroxyl groups is 2. The van der Waals surface area contributed by atoms with Gasteiger partial charge in [0.15, 0.2) is 0 Å². The lowest BCUT2D eigenvalue weighted by atomic mass is 9.86. The maximum absolute atomic E-state index is 11.2. The molecule has 1 heterocycles. The van der Waals surface area contributed by atoms with Crippen LogP contribution in [0.25, 0.3) is 0 Å². The van der Waals surface area contributed by atoms with E-state index >= 15 is 0 Å². The monoisotopic (exact) mass is 227 g/mol. The van der Waals surface area contributed by atoms with E-state index in [1.165, 1.54) is 0 Å². The summed E-state index contributed by atoms with van der Waals surface area (Å²) in [6, 6.07) is 0. The highest BCUT2D eigenvalue weighted by Gasteiger charge is 2.70. The normalized spacial score (nSPS) is 51.6.